The molecule has 30 heavy (non-hydrogen) atoms. The number of Topliss-reactive ketones (excluding diaryl/α,β-unsaturated/α-hetero) is 1. The summed E-state index contributed by atoms with van der Waals surface area (Å²) < 4.78 is 3.75. The number of aromatic nitrogens is 6. The Morgan fingerprint density at radius 1 is 1.07 bits per heavy atom. The third kappa shape index (κ3) is 3.53. The van der Waals surface area contributed by atoms with Crippen LogP contribution in [-0.4, -0.2) is 35.3 Å². The highest BCUT2D eigenvalue weighted by molar-refractivity contribution is 6.07. The van der Waals surface area contributed by atoms with Crippen LogP contribution in [0.4, 0.5) is 0 Å². The van der Waals surface area contributed by atoms with Gasteiger partial charge in [0.15, 0.2) is 5.78 Å². The maximum atomic E-state index is 12.9. The van der Waals surface area contributed by atoms with Gasteiger partial charge in [-0.15, -0.1) is 0 Å². The fraction of sp³-hybridized carbons (Fsp3) is 0.130. The largest absolute Gasteiger partial charge is 0.340 e. The first-order valence-corrected chi connectivity index (χ1v) is 9.70. The number of aryl methyl sites for hydroxylation is 1. The minimum absolute atomic E-state index is 0.0360. The third-order valence-corrected chi connectivity index (χ3v) is 5.07. The molecule has 0 amide bonds. The molecule has 148 valence electrons. The lowest BCUT2D eigenvalue weighted by atomic mass is 10.0. The molecule has 5 rings (SSSR count). The SMILES string of the molecule is Cn1cnc(-c2ccc3c(C(=O)Cc4cnn(Cc5ccccc5)c4)n[nH]c3c2)c1. The lowest BCUT2D eigenvalue weighted by Gasteiger charge is -2.01. The van der Waals surface area contributed by atoms with Crippen molar-refractivity contribution in [3.05, 3.63) is 90.3 Å². The Bertz CT molecular complexity index is 1330. The molecule has 0 spiro atoms. The normalized spacial score (nSPS) is 11.2. The molecule has 0 aliphatic rings. The number of carbonyl (C=O) groups is 1. The van der Waals surface area contributed by atoms with Crippen molar-refractivity contribution in [2.24, 2.45) is 7.05 Å². The number of fused-ring (bicyclic) bond motifs is 1. The number of ketones is 1. The van der Waals surface area contributed by atoms with Gasteiger partial charge in [0, 0.05) is 36.8 Å². The molecule has 2 aromatic carbocycles. The molecule has 0 fully saturated rings. The quantitative estimate of drug-likeness (QED) is 0.444. The van der Waals surface area contributed by atoms with Crippen LogP contribution in [0.15, 0.2) is 73.4 Å². The van der Waals surface area contributed by atoms with Crippen molar-refractivity contribution in [3.63, 3.8) is 0 Å². The summed E-state index contributed by atoms with van der Waals surface area (Å²) in [5.74, 6) is -0.0360. The second kappa shape index (κ2) is 7.44. The summed E-state index contributed by atoms with van der Waals surface area (Å²) in [7, 11) is 1.93. The van der Waals surface area contributed by atoms with Gasteiger partial charge in [-0.25, -0.2) is 4.98 Å². The number of imidazole rings is 1. The summed E-state index contributed by atoms with van der Waals surface area (Å²) >= 11 is 0. The first-order valence-electron chi connectivity index (χ1n) is 9.70. The Labute approximate surface area is 173 Å². The number of hydrogen-bond donors (Lipinski definition) is 1. The van der Waals surface area contributed by atoms with Gasteiger partial charge in [-0.3, -0.25) is 14.6 Å². The minimum Gasteiger partial charge on any atom is -0.340 e. The molecule has 0 bridgehead atoms. The van der Waals surface area contributed by atoms with Gasteiger partial charge in [-0.1, -0.05) is 36.4 Å². The second-order valence-corrected chi connectivity index (χ2v) is 7.39. The Morgan fingerprint density at radius 2 is 1.93 bits per heavy atom. The van der Waals surface area contributed by atoms with Crippen molar-refractivity contribution in [2.45, 2.75) is 13.0 Å². The summed E-state index contributed by atoms with van der Waals surface area (Å²) in [6.07, 6.45) is 7.64. The number of nitrogens with one attached hydrogen (secondary N) is 1. The molecule has 0 unspecified atom stereocenters. The molecular formula is C23H20N6O. The maximum absolute atomic E-state index is 12.9. The number of carbonyl (C=O) groups excluding carboxylic acids is 1. The number of H-pyrrole nitrogens is 1. The highest BCUT2D eigenvalue weighted by atomic mass is 16.1. The maximum Gasteiger partial charge on any atom is 0.188 e. The van der Waals surface area contributed by atoms with Crippen LogP contribution in [0.3, 0.4) is 0 Å². The van der Waals surface area contributed by atoms with Crippen molar-refractivity contribution in [2.75, 3.05) is 0 Å². The molecule has 0 radical (unpaired) electrons. The average molecular weight is 396 g/mol. The summed E-state index contributed by atoms with van der Waals surface area (Å²) in [6.45, 7) is 0.677. The molecule has 3 heterocycles. The third-order valence-electron chi connectivity index (χ3n) is 5.07. The molecular weight excluding hydrogens is 376 g/mol. The average Bonchev–Trinajstić information content (AvgIpc) is 3.48. The molecule has 3 aromatic heterocycles. The van der Waals surface area contributed by atoms with Crippen LogP contribution < -0.4 is 0 Å². The van der Waals surface area contributed by atoms with Crippen molar-refractivity contribution in [1.29, 1.82) is 0 Å². The van der Waals surface area contributed by atoms with E-state index in [1.165, 1.54) is 5.56 Å². The van der Waals surface area contributed by atoms with Gasteiger partial charge in [-0.2, -0.15) is 10.2 Å². The van der Waals surface area contributed by atoms with E-state index in [1.54, 1.807) is 12.5 Å². The van der Waals surface area contributed by atoms with Crippen molar-refractivity contribution in [3.8, 4) is 11.3 Å². The number of benzene rings is 2. The predicted octanol–water partition coefficient (Wildman–Crippen LogP) is 3.63. The fourth-order valence-corrected chi connectivity index (χ4v) is 3.58. The van der Waals surface area contributed by atoms with Crippen LogP contribution in [0.2, 0.25) is 0 Å². The van der Waals surface area contributed by atoms with Gasteiger partial charge in [-0.05, 0) is 23.3 Å². The Morgan fingerprint density at radius 3 is 2.73 bits per heavy atom. The van der Waals surface area contributed by atoms with Crippen molar-refractivity contribution < 1.29 is 4.79 Å². The van der Waals surface area contributed by atoms with Gasteiger partial charge in [0.2, 0.25) is 0 Å². The van der Waals surface area contributed by atoms with E-state index in [2.05, 4.69) is 32.4 Å². The Balaban J connectivity index is 1.34. The summed E-state index contributed by atoms with van der Waals surface area (Å²) in [5, 5.41) is 12.5. The van der Waals surface area contributed by atoms with Crippen LogP contribution in [0.1, 0.15) is 21.6 Å². The van der Waals surface area contributed by atoms with E-state index >= 15 is 0 Å². The topological polar surface area (TPSA) is 81.4 Å². The Hall–Kier alpha value is -4.00. The molecule has 1 N–H and O–H groups in total. The molecule has 0 aliphatic carbocycles. The van der Waals surface area contributed by atoms with Gasteiger partial charge >= 0.3 is 0 Å². The highest BCUT2D eigenvalue weighted by Gasteiger charge is 2.16. The number of nitrogens with zero attached hydrogens (tertiary/aromatic N) is 5. The number of rotatable bonds is 6. The number of hydrogen-bond acceptors (Lipinski definition) is 4. The first kappa shape index (κ1) is 18.1. The fourth-order valence-electron chi connectivity index (χ4n) is 3.58. The molecule has 5 aromatic rings. The predicted molar refractivity (Wildman–Crippen MR) is 114 cm³/mol. The molecule has 0 atom stereocenters. The summed E-state index contributed by atoms with van der Waals surface area (Å²) in [6, 6.07) is 16.0. The van der Waals surface area contributed by atoms with Gasteiger partial charge in [0.05, 0.1) is 30.3 Å². The zero-order chi connectivity index (χ0) is 20.5. The second-order valence-electron chi connectivity index (χ2n) is 7.39. The Kier molecular flexibility index (Phi) is 4.48. The standard InChI is InChI=1S/C23H20N6O/c1-28-14-21(24-15-28)18-7-8-19-20(10-18)26-27-23(19)22(30)9-17-11-25-29(13-17)12-16-5-3-2-4-6-16/h2-8,10-11,13-15H,9,12H2,1H3,(H,26,27). The molecule has 0 saturated carbocycles. The van der Waals surface area contributed by atoms with Crippen LogP contribution in [0, 0.1) is 0 Å². The van der Waals surface area contributed by atoms with E-state index in [0.717, 1.165) is 27.7 Å². The summed E-state index contributed by atoms with van der Waals surface area (Å²) in [5.41, 5.74) is 5.17. The van der Waals surface area contributed by atoms with Crippen LogP contribution in [-0.2, 0) is 20.0 Å². The van der Waals surface area contributed by atoms with Crippen molar-refractivity contribution >= 4 is 16.7 Å². The molecule has 7 nitrogen and oxygen atoms in total. The smallest absolute Gasteiger partial charge is 0.188 e. The zero-order valence-electron chi connectivity index (χ0n) is 16.5. The molecule has 0 saturated heterocycles. The van der Waals surface area contributed by atoms with E-state index in [-0.39, 0.29) is 12.2 Å². The first-order chi connectivity index (χ1) is 14.7. The lowest BCUT2D eigenvalue weighted by Crippen LogP contribution is -2.04. The summed E-state index contributed by atoms with van der Waals surface area (Å²) in [4.78, 5) is 17.3. The van der Waals surface area contributed by atoms with Gasteiger partial charge in [0.25, 0.3) is 0 Å². The molecule has 0 aliphatic heterocycles. The van der Waals surface area contributed by atoms with E-state index in [0.29, 0.717) is 12.2 Å². The van der Waals surface area contributed by atoms with E-state index in [1.807, 2.05) is 65.1 Å². The van der Waals surface area contributed by atoms with E-state index in [9.17, 15) is 4.79 Å². The zero-order valence-corrected chi connectivity index (χ0v) is 16.5. The molecule has 7 heteroatoms. The highest BCUT2D eigenvalue weighted by Crippen LogP contribution is 2.24. The van der Waals surface area contributed by atoms with Crippen LogP contribution in [0.5, 0.6) is 0 Å². The monoisotopic (exact) mass is 396 g/mol. The van der Waals surface area contributed by atoms with Gasteiger partial charge < -0.3 is 4.57 Å². The van der Waals surface area contributed by atoms with Crippen molar-refractivity contribution in [1.82, 2.24) is 29.5 Å². The van der Waals surface area contributed by atoms with E-state index in [4.69, 9.17) is 0 Å². The van der Waals surface area contributed by atoms with Crippen LogP contribution >= 0.6 is 0 Å². The van der Waals surface area contributed by atoms with Crippen LogP contribution in [0.25, 0.3) is 22.2 Å². The lowest BCUT2D eigenvalue weighted by molar-refractivity contribution is 0.0989. The number of aromatic amines is 1. The van der Waals surface area contributed by atoms with E-state index < -0.39 is 0 Å². The minimum atomic E-state index is -0.0360. The van der Waals surface area contributed by atoms with Gasteiger partial charge in [0.1, 0.15) is 5.69 Å².